The summed E-state index contributed by atoms with van der Waals surface area (Å²) >= 11 is 7.00. The summed E-state index contributed by atoms with van der Waals surface area (Å²) in [6.07, 6.45) is 2.39. The number of anilines is 1. The Kier molecular flexibility index (Phi) is 3.56. The van der Waals surface area contributed by atoms with E-state index >= 15 is 0 Å². The van der Waals surface area contributed by atoms with Gasteiger partial charge in [0.2, 0.25) is 0 Å². The van der Waals surface area contributed by atoms with Crippen LogP contribution in [0, 0.1) is 11.3 Å². The Bertz CT molecular complexity index is 554. The summed E-state index contributed by atoms with van der Waals surface area (Å²) in [5, 5.41) is 20.5. The van der Waals surface area contributed by atoms with E-state index in [-0.39, 0.29) is 5.15 Å². The third-order valence-electron chi connectivity index (χ3n) is 2.12. The Labute approximate surface area is 107 Å². The van der Waals surface area contributed by atoms with Gasteiger partial charge in [0.25, 0.3) is 0 Å². The molecule has 0 spiro atoms. The van der Waals surface area contributed by atoms with Crippen LogP contribution in [0.5, 0.6) is 0 Å². The van der Waals surface area contributed by atoms with Gasteiger partial charge in [-0.25, -0.2) is 4.98 Å². The van der Waals surface area contributed by atoms with Crippen molar-refractivity contribution < 1.29 is 0 Å². The molecule has 0 amide bonds. The molecule has 0 radical (unpaired) electrons. The largest absolute Gasteiger partial charge is 0.361 e. The number of nitriles is 1. The maximum Gasteiger partial charge on any atom is 0.185 e. The summed E-state index contributed by atoms with van der Waals surface area (Å²) in [5.41, 5.74) is 0. The minimum Gasteiger partial charge on any atom is -0.361 e. The van der Waals surface area contributed by atoms with Crippen molar-refractivity contribution in [1.29, 1.82) is 5.26 Å². The number of aromatic nitrogens is 4. The molecule has 0 bridgehead atoms. The maximum atomic E-state index is 8.73. The first-order valence-electron chi connectivity index (χ1n) is 4.84. The fourth-order valence-electron chi connectivity index (χ4n) is 1.26. The lowest BCUT2D eigenvalue weighted by Gasteiger charge is -2.01. The van der Waals surface area contributed by atoms with Crippen LogP contribution in [-0.2, 0) is 13.5 Å². The minimum absolute atomic E-state index is 0.249. The van der Waals surface area contributed by atoms with Crippen molar-refractivity contribution in [1.82, 2.24) is 19.7 Å². The lowest BCUT2D eigenvalue weighted by Crippen LogP contribution is -2.08. The van der Waals surface area contributed by atoms with E-state index in [1.54, 1.807) is 6.33 Å². The number of hydrogen-bond acceptors (Lipinski definition) is 6. The molecular formula is C9H9ClN6S. The third-order valence-corrected chi connectivity index (χ3v) is 3.42. The molecule has 2 aromatic heterocycles. The second kappa shape index (κ2) is 5.12. The molecule has 0 aliphatic carbocycles. The van der Waals surface area contributed by atoms with Gasteiger partial charge in [0.1, 0.15) is 23.1 Å². The lowest BCUT2D eigenvalue weighted by molar-refractivity contribution is 0.788. The van der Waals surface area contributed by atoms with Gasteiger partial charge in [-0.2, -0.15) is 5.26 Å². The molecule has 2 rings (SSSR count). The zero-order chi connectivity index (χ0) is 12.3. The number of nitrogens with one attached hydrogen (secondary N) is 1. The predicted octanol–water partition coefficient (Wildman–Crippen LogP) is 1.45. The van der Waals surface area contributed by atoms with Gasteiger partial charge in [0.15, 0.2) is 10.3 Å². The zero-order valence-electron chi connectivity index (χ0n) is 9.01. The summed E-state index contributed by atoms with van der Waals surface area (Å²) in [6.45, 7) is 0.668. The zero-order valence-corrected chi connectivity index (χ0v) is 10.6. The molecule has 2 heterocycles. The standard InChI is InChI=1S/C9H9ClN6S/c1-16-5-13-15-7(16)2-3-12-9-14-8(10)6(4-11)17-9/h5H,2-3H2,1H3,(H,12,14). The van der Waals surface area contributed by atoms with Gasteiger partial charge in [-0.3, -0.25) is 0 Å². The van der Waals surface area contributed by atoms with Crippen molar-refractivity contribution in [2.75, 3.05) is 11.9 Å². The summed E-state index contributed by atoms with van der Waals surface area (Å²) < 4.78 is 1.86. The smallest absolute Gasteiger partial charge is 0.185 e. The fraction of sp³-hybridized carbons (Fsp3) is 0.333. The molecule has 0 saturated carbocycles. The molecule has 1 N–H and O–H groups in total. The number of thiazole rings is 1. The van der Waals surface area contributed by atoms with Crippen LogP contribution in [0.25, 0.3) is 0 Å². The Balaban J connectivity index is 1.90. The molecule has 0 aliphatic rings. The van der Waals surface area contributed by atoms with Crippen LogP contribution in [0.15, 0.2) is 6.33 Å². The first kappa shape index (κ1) is 11.8. The van der Waals surface area contributed by atoms with E-state index in [2.05, 4.69) is 20.5 Å². The van der Waals surface area contributed by atoms with E-state index in [1.807, 2.05) is 17.7 Å². The van der Waals surface area contributed by atoms with Gasteiger partial charge in [-0.1, -0.05) is 22.9 Å². The second-order valence-corrected chi connectivity index (χ2v) is 4.64. The van der Waals surface area contributed by atoms with E-state index in [4.69, 9.17) is 16.9 Å². The SMILES string of the molecule is Cn1cnnc1CCNc1nc(Cl)c(C#N)s1. The normalized spacial score (nSPS) is 10.2. The highest BCUT2D eigenvalue weighted by molar-refractivity contribution is 7.16. The molecule has 0 unspecified atom stereocenters. The highest BCUT2D eigenvalue weighted by Gasteiger charge is 2.08. The number of aryl methyl sites for hydroxylation is 1. The topological polar surface area (TPSA) is 79.4 Å². The van der Waals surface area contributed by atoms with E-state index in [0.717, 1.165) is 12.2 Å². The molecule has 0 aliphatic heterocycles. The highest BCUT2D eigenvalue weighted by atomic mass is 35.5. The van der Waals surface area contributed by atoms with Crippen molar-refractivity contribution >= 4 is 28.1 Å². The maximum absolute atomic E-state index is 8.73. The quantitative estimate of drug-likeness (QED) is 0.908. The predicted molar refractivity (Wildman–Crippen MR) is 65.0 cm³/mol. The second-order valence-electron chi connectivity index (χ2n) is 3.29. The first-order chi connectivity index (χ1) is 8.20. The summed E-state index contributed by atoms with van der Waals surface area (Å²) in [5.74, 6) is 0.889. The molecule has 0 aromatic carbocycles. The van der Waals surface area contributed by atoms with E-state index in [0.29, 0.717) is 16.6 Å². The van der Waals surface area contributed by atoms with Gasteiger partial charge in [-0.05, 0) is 0 Å². The van der Waals surface area contributed by atoms with Crippen molar-refractivity contribution in [3.05, 3.63) is 22.2 Å². The molecule has 2 aromatic rings. The van der Waals surface area contributed by atoms with Gasteiger partial charge in [-0.15, -0.1) is 10.2 Å². The molecule has 0 fully saturated rings. The molecule has 6 nitrogen and oxygen atoms in total. The molecule has 0 saturated heterocycles. The van der Waals surface area contributed by atoms with E-state index < -0.39 is 0 Å². The number of rotatable bonds is 4. The van der Waals surface area contributed by atoms with Crippen LogP contribution in [0.4, 0.5) is 5.13 Å². The van der Waals surface area contributed by atoms with Crippen LogP contribution in [-0.4, -0.2) is 26.3 Å². The molecular weight excluding hydrogens is 260 g/mol. The minimum atomic E-state index is 0.249. The van der Waals surface area contributed by atoms with Crippen LogP contribution < -0.4 is 5.32 Å². The van der Waals surface area contributed by atoms with Crippen LogP contribution in [0.3, 0.4) is 0 Å². The number of nitrogens with zero attached hydrogens (tertiary/aromatic N) is 5. The van der Waals surface area contributed by atoms with Crippen molar-refractivity contribution in [2.24, 2.45) is 7.05 Å². The number of hydrogen-bond donors (Lipinski definition) is 1. The van der Waals surface area contributed by atoms with Crippen molar-refractivity contribution in [3.8, 4) is 6.07 Å². The summed E-state index contributed by atoms with van der Waals surface area (Å²) in [4.78, 5) is 4.45. The summed E-state index contributed by atoms with van der Waals surface area (Å²) in [6, 6.07) is 1.99. The summed E-state index contributed by atoms with van der Waals surface area (Å²) in [7, 11) is 1.89. The lowest BCUT2D eigenvalue weighted by atomic mass is 10.4. The molecule has 0 atom stereocenters. The van der Waals surface area contributed by atoms with Gasteiger partial charge in [0, 0.05) is 20.0 Å². The van der Waals surface area contributed by atoms with Crippen molar-refractivity contribution in [3.63, 3.8) is 0 Å². The Morgan fingerprint density at radius 1 is 1.65 bits per heavy atom. The molecule has 17 heavy (non-hydrogen) atoms. The Morgan fingerprint density at radius 2 is 2.47 bits per heavy atom. The highest BCUT2D eigenvalue weighted by Crippen LogP contribution is 2.25. The van der Waals surface area contributed by atoms with Crippen molar-refractivity contribution in [2.45, 2.75) is 6.42 Å². The first-order valence-corrected chi connectivity index (χ1v) is 6.03. The Hall–Kier alpha value is -1.65. The van der Waals surface area contributed by atoms with Crippen LogP contribution in [0.1, 0.15) is 10.7 Å². The Morgan fingerprint density at radius 3 is 3.06 bits per heavy atom. The average Bonchev–Trinajstić information content (AvgIpc) is 2.86. The van der Waals surface area contributed by atoms with Gasteiger partial charge >= 0.3 is 0 Å². The van der Waals surface area contributed by atoms with Gasteiger partial charge in [0.05, 0.1) is 0 Å². The molecule has 8 heteroatoms. The van der Waals surface area contributed by atoms with E-state index in [9.17, 15) is 0 Å². The van der Waals surface area contributed by atoms with E-state index in [1.165, 1.54) is 11.3 Å². The monoisotopic (exact) mass is 268 g/mol. The fourth-order valence-corrected chi connectivity index (χ4v) is 2.23. The third kappa shape index (κ3) is 2.72. The van der Waals surface area contributed by atoms with Crippen LogP contribution in [0.2, 0.25) is 5.15 Å². The van der Waals surface area contributed by atoms with Gasteiger partial charge < -0.3 is 9.88 Å². The molecule has 88 valence electrons. The number of halogens is 1. The van der Waals surface area contributed by atoms with Crippen LogP contribution >= 0.6 is 22.9 Å². The average molecular weight is 269 g/mol.